The van der Waals surface area contributed by atoms with Crippen LogP contribution in [0.25, 0.3) is 0 Å². The number of rotatable bonds is 4. The van der Waals surface area contributed by atoms with E-state index in [4.69, 9.17) is 16.3 Å². The minimum Gasteiger partial charge on any atom is -0.489 e. The topological polar surface area (TPSA) is 9.23 Å². The molecule has 1 nitrogen and oxygen atoms in total. The second-order valence-corrected chi connectivity index (χ2v) is 5.30. The van der Waals surface area contributed by atoms with Crippen LogP contribution < -0.4 is 4.74 Å². The highest BCUT2D eigenvalue weighted by molar-refractivity contribution is 9.08. The van der Waals surface area contributed by atoms with E-state index in [1.54, 1.807) is 18.2 Å². The standard InChI is InChI=1S/C15H11BrClF3O/c16-8-12-13(17)2-1-3-14(12)21-9-10-4-6-11(7-5-10)15(18,19)20/h1-7H,8-9H2. The molecule has 0 aliphatic carbocycles. The van der Waals surface area contributed by atoms with Crippen LogP contribution in [0.5, 0.6) is 5.75 Å². The molecule has 0 bridgehead atoms. The van der Waals surface area contributed by atoms with Crippen molar-refractivity contribution in [2.75, 3.05) is 0 Å². The van der Waals surface area contributed by atoms with Gasteiger partial charge in [-0.15, -0.1) is 0 Å². The van der Waals surface area contributed by atoms with Gasteiger partial charge < -0.3 is 4.74 Å². The zero-order valence-corrected chi connectivity index (χ0v) is 13.1. The van der Waals surface area contributed by atoms with Gasteiger partial charge in [-0.25, -0.2) is 0 Å². The van der Waals surface area contributed by atoms with Crippen LogP contribution in [0.2, 0.25) is 5.02 Å². The fourth-order valence-electron chi connectivity index (χ4n) is 1.75. The first-order chi connectivity index (χ1) is 9.91. The van der Waals surface area contributed by atoms with Gasteiger partial charge in [-0.3, -0.25) is 0 Å². The molecule has 0 fully saturated rings. The molecule has 0 aromatic heterocycles. The largest absolute Gasteiger partial charge is 0.489 e. The average molecular weight is 380 g/mol. The van der Waals surface area contributed by atoms with Crippen molar-refractivity contribution in [1.82, 2.24) is 0 Å². The fraction of sp³-hybridized carbons (Fsp3) is 0.200. The molecule has 2 rings (SSSR count). The zero-order valence-electron chi connectivity index (χ0n) is 10.8. The lowest BCUT2D eigenvalue weighted by molar-refractivity contribution is -0.137. The van der Waals surface area contributed by atoms with Gasteiger partial charge in [0.25, 0.3) is 0 Å². The molecule has 0 saturated carbocycles. The molecule has 0 unspecified atom stereocenters. The van der Waals surface area contributed by atoms with Crippen molar-refractivity contribution in [2.24, 2.45) is 0 Å². The molecule has 0 N–H and O–H groups in total. The summed E-state index contributed by atoms with van der Waals surface area (Å²) < 4.78 is 43.0. The summed E-state index contributed by atoms with van der Waals surface area (Å²) in [6.07, 6.45) is -4.32. The van der Waals surface area contributed by atoms with Crippen LogP contribution in [-0.2, 0) is 18.1 Å². The lowest BCUT2D eigenvalue weighted by Crippen LogP contribution is -2.05. The SMILES string of the molecule is FC(F)(F)c1ccc(COc2cccc(Cl)c2CBr)cc1. The summed E-state index contributed by atoms with van der Waals surface area (Å²) in [6.45, 7) is 0.179. The van der Waals surface area contributed by atoms with Crippen LogP contribution in [0.4, 0.5) is 13.2 Å². The molecule has 6 heteroatoms. The molecular weight excluding hydrogens is 369 g/mol. The highest BCUT2D eigenvalue weighted by Crippen LogP contribution is 2.31. The van der Waals surface area contributed by atoms with Crippen LogP contribution >= 0.6 is 27.5 Å². The monoisotopic (exact) mass is 378 g/mol. The van der Waals surface area contributed by atoms with Crippen LogP contribution in [0.15, 0.2) is 42.5 Å². The Hall–Kier alpha value is -1.20. The summed E-state index contributed by atoms with van der Waals surface area (Å²) in [4.78, 5) is 0. The lowest BCUT2D eigenvalue weighted by Gasteiger charge is -2.12. The average Bonchev–Trinajstić information content (AvgIpc) is 2.44. The van der Waals surface area contributed by atoms with E-state index in [1.807, 2.05) is 0 Å². The summed E-state index contributed by atoms with van der Waals surface area (Å²) >= 11 is 9.37. The van der Waals surface area contributed by atoms with Gasteiger partial charge in [0.1, 0.15) is 12.4 Å². The Bertz CT molecular complexity index is 611. The molecule has 0 saturated heterocycles. The Labute approximate surface area is 133 Å². The Morgan fingerprint density at radius 1 is 1.05 bits per heavy atom. The third kappa shape index (κ3) is 4.14. The fourth-order valence-corrected chi connectivity index (χ4v) is 2.73. The van der Waals surface area contributed by atoms with E-state index in [0.717, 1.165) is 17.7 Å². The third-order valence-corrected chi connectivity index (χ3v) is 3.80. The van der Waals surface area contributed by atoms with Crippen LogP contribution in [-0.4, -0.2) is 0 Å². The summed E-state index contributed by atoms with van der Waals surface area (Å²) in [6, 6.07) is 10.2. The van der Waals surface area contributed by atoms with Crippen molar-refractivity contribution in [1.29, 1.82) is 0 Å². The maximum Gasteiger partial charge on any atom is 0.416 e. The number of benzene rings is 2. The Kier molecular flexibility index (Phi) is 5.17. The Morgan fingerprint density at radius 3 is 2.29 bits per heavy atom. The van der Waals surface area contributed by atoms with Gasteiger partial charge in [-0.05, 0) is 29.8 Å². The normalized spacial score (nSPS) is 11.5. The summed E-state index contributed by atoms with van der Waals surface area (Å²) in [5, 5.41) is 1.12. The Morgan fingerprint density at radius 2 is 1.71 bits per heavy atom. The van der Waals surface area contributed by atoms with Gasteiger partial charge >= 0.3 is 6.18 Å². The van der Waals surface area contributed by atoms with Crippen LogP contribution in [0.3, 0.4) is 0 Å². The van der Waals surface area contributed by atoms with Crippen LogP contribution in [0, 0.1) is 0 Å². The third-order valence-electron chi connectivity index (χ3n) is 2.89. The summed E-state index contributed by atoms with van der Waals surface area (Å²) in [5.74, 6) is 0.610. The zero-order chi connectivity index (χ0) is 15.5. The van der Waals surface area contributed by atoms with Crippen molar-refractivity contribution in [2.45, 2.75) is 18.1 Å². The van der Waals surface area contributed by atoms with E-state index in [9.17, 15) is 13.2 Å². The number of ether oxygens (including phenoxy) is 1. The molecule has 0 aliphatic rings. The first kappa shape index (κ1) is 16.2. The second-order valence-electron chi connectivity index (χ2n) is 4.33. The Balaban J connectivity index is 2.09. The van der Waals surface area contributed by atoms with E-state index in [2.05, 4.69) is 15.9 Å². The van der Waals surface area contributed by atoms with Gasteiger partial charge in [-0.2, -0.15) is 13.2 Å². The minimum atomic E-state index is -4.32. The molecule has 0 atom stereocenters. The molecule has 0 amide bonds. The highest BCUT2D eigenvalue weighted by Gasteiger charge is 2.29. The van der Waals surface area contributed by atoms with E-state index >= 15 is 0 Å². The first-order valence-corrected chi connectivity index (χ1v) is 7.54. The number of hydrogen-bond donors (Lipinski definition) is 0. The van der Waals surface area contributed by atoms with Crippen LogP contribution in [0.1, 0.15) is 16.7 Å². The number of halogens is 5. The van der Waals surface area contributed by atoms with Gasteiger partial charge in [0.15, 0.2) is 0 Å². The van der Waals surface area contributed by atoms with Gasteiger partial charge in [-0.1, -0.05) is 45.7 Å². The van der Waals surface area contributed by atoms with E-state index in [1.165, 1.54) is 12.1 Å². The van der Waals surface area contributed by atoms with Gasteiger partial charge in [0, 0.05) is 15.9 Å². The molecule has 2 aromatic carbocycles. The second kappa shape index (κ2) is 6.71. The van der Waals surface area contributed by atoms with Crippen molar-refractivity contribution >= 4 is 27.5 Å². The van der Waals surface area contributed by atoms with E-state index in [0.29, 0.717) is 21.7 Å². The quantitative estimate of drug-likeness (QED) is 0.607. The van der Waals surface area contributed by atoms with E-state index in [-0.39, 0.29) is 6.61 Å². The molecule has 2 aromatic rings. The molecular formula is C15H11BrClF3O. The van der Waals surface area contributed by atoms with Crippen molar-refractivity contribution in [3.63, 3.8) is 0 Å². The predicted octanol–water partition coefficient (Wildman–Crippen LogP) is 5.83. The lowest BCUT2D eigenvalue weighted by atomic mass is 10.1. The maximum absolute atomic E-state index is 12.5. The summed E-state index contributed by atoms with van der Waals surface area (Å²) in [7, 11) is 0. The number of alkyl halides is 4. The molecule has 112 valence electrons. The molecule has 0 spiro atoms. The minimum absolute atomic E-state index is 0.179. The number of hydrogen-bond acceptors (Lipinski definition) is 1. The molecule has 0 aliphatic heterocycles. The summed E-state index contributed by atoms with van der Waals surface area (Å²) in [5.41, 5.74) is 0.796. The van der Waals surface area contributed by atoms with Gasteiger partial charge in [0.2, 0.25) is 0 Å². The molecule has 0 radical (unpaired) electrons. The smallest absolute Gasteiger partial charge is 0.416 e. The molecule has 21 heavy (non-hydrogen) atoms. The van der Waals surface area contributed by atoms with Crippen molar-refractivity contribution in [3.05, 3.63) is 64.2 Å². The maximum atomic E-state index is 12.5. The molecule has 0 heterocycles. The van der Waals surface area contributed by atoms with E-state index < -0.39 is 11.7 Å². The highest BCUT2D eigenvalue weighted by atomic mass is 79.9. The van der Waals surface area contributed by atoms with Crippen molar-refractivity contribution < 1.29 is 17.9 Å². The predicted molar refractivity (Wildman–Crippen MR) is 79.9 cm³/mol. The van der Waals surface area contributed by atoms with Gasteiger partial charge in [0.05, 0.1) is 5.56 Å². The van der Waals surface area contributed by atoms with Crippen molar-refractivity contribution in [3.8, 4) is 5.75 Å². The first-order valence-electron chi connectivity index (χ1n) is 6.04.